The summed E-state index contributed by atoms with van der Waals surface area (Å²) in [7, 11) is 0. The van der Waals surface area contributed by atoms with Gasteiger partial charge in [-0.05, 0) is 18.6 Å². The lowest BCUT2D eigenvalue weighted by Gasteiger charge is -2.26. The molecule has 7 heteroatoms. The standard InChI is InChI=1S/C21H21NO5.ClH/c23-16-6-1-4-14-18(16)21(25)19-15(20(14)24)5-2-7-17(19)27-11-3-8-22-9-12-26-13-10-22;/h1-2,4-7,23H,3,8-13H2;1H. The van der Waals surface area contributed by atoms with Crippen molar-refractivity contribution in [2.24, 2.45) is 0 Å². The Hall–Kier alpha value is -2.41. The smallest absolute Gasteiger partial charge is 0.201 e. The summed E-state index contributed by atoms with van der Waals surface area (Å²) in [5.41, 5.74) is 0.850. The largest absolute Gasteiger partial charge is 0.507 e. The van der Waals surface area contributed by atoms with Crippen LogP contribution in [0.5, 0.6) is 11.5 Å². The van der Waals surface area contributed by atoms with Crippen molar-refractivity contribution in [3.8, 4) is 11.5 Å². The maximum absolute atomic E-state index is 13.0. The normalized spacial score (nSPS) is 16.1. The molecule has 0 aromatic heterocycles. The minimum atomic E-state index is -0.374. The summed E-state index contributed by atoms with van der Waals surface area (Å²) < 4.78 is 11.2. The van der Waals surface area contributed by atoms with Crippen LogP contribution in [0.1, 0.15) is 38.3 Å². The third-order valence-electron chi connectivity index (χ3n) is 4.99. The first-order chi connectivity index (χ1) is 13.2. The van der Waals surface area contributed by atoms with Crippen LogP contribution in [0, 0.1) is 0 Å². The maximum atomic E-state index is 13.0. The Morgan fingerprint density at radius 2 is 1.64 bits per heavy atom. The van der Waals surface area contributed by atoms with Crippen molar-refractivity contribution in [2.45, 2.75) is 6.42 Å². The van der Waals surface area contributed by atoms with Gasteiger partial charge in [0.05, 0.1) is 30.9 Å². The van der Waals surface area contributed by atoms with E-state index < -0.39 is 0 Å². The first kappa shape index (κ1) is 20.3. The zero-order valence-corrected chi connectivity index (χ0v) is 16.2. The summed E-state index contributed by atoms with van der Waals surface area (Å²) in [5.74, 6) is -0.434. The second kappa shape index (κ2) is 8.73. The molecule has 0 spiro atoms. The number of hydrogen-bond donors (Lipinski definition) is 1. The molecule has 1 aliphatic carbocycles. The second-order valence-electron chi connectivity index (χ2n) is 6.69. The molecule has 0 amide bonds. The molecule has 0 radical (unpaired) electrons. The molecule has 6 nitrogen and oxygen atoms in total. The zero-order chi connectivity index (χ0) is 18.8. The summed E-state index contributed by atoms with van der Waals surface area (Å²) >= 11 is 0. The van der Waals surface area contributed by atoms with Gasteiger partial charge in [-0.1, -0.05) is 24.3 Å². The number of fused-ring (bicyclic) bond motifs is 2. The van der Waals surface area contributed by atoms with Crippen LogP contribution in [0.25, 0.3) is 0 Å². The fourth-order valence-corrected chi connectivity index (χ4v) is 3.61. The fraction of sp³-hybridized carbons (Fsp3) is 0.333. The second-order valence-corrected chi connectivity index (χ2v) is 6.69. The van der Waals surface area contributed by atoms with Crippen molar-refractivity contribution >= 4 is 24.0 Å². The van der Waals surface area contributed by atoms with Crippen molar-refractivity contribution < 1.29 is 24.2 Å². The fourth-order valence-electron chi connectivity index (χ4n) is 3.61. The number of morpholine rings is 1. The minimum absolute atomic E-state index is 0. The number of ether oxygens (including phenoxy) is 2. The quantitative estimate of drug-likeness (QED) is 0.660. The Kier molecular flexibility index (Phi) is 6.34. The summed E-state index contributed by atoms with van der Waals surface area (Å²) in [6.45, 7) is 4.70. The predicted octanol–water partition coefficient (Wildman–Crippen LogP) is 2.69. The van der Waals surface area contributed by atoms with Crippen molar-refractivity contribution in [3.05, 3.63) is 58.7 Å². The van der Waals surface area contributed by atoms with Gasteiger partial charge in [0.15, 0.2) is 5.78 Å². The Morgan fingerprint density at radius 3 is 2.39 bits per heavy atom. The van der Waals surface area contributed by atoms with Crippen LogP contribution in [0.4, 0.5) is 0 Å². The highest BCUT2D eigenvalue weighted by Crippen LogP contribution is 2.36. The SMILES string of the molecule is Cl.O=C1c2cccc(O)c2C(=O)c2c(OCCCN3CCOCC3)cccc21. The van der Waals surface area contributed by atoms with Crippen molar-refractivity contribution in [2.75, 3.05) is 39.5 Å². The van der Waals surface area contributed by atoms with E-state index in [4.69, 9.17) is 9.47 Å². The van der Waals surface area contributed by atoms with Gasteiger partial charge in [-0.25, -0.2) is 0 Å². The van der Waals surface area contributed by atoms with Gasteiger partial charge in [0.1, 0.15) is 11.5 Å². The van der Waals surface area contributed by atoms with Gasteiger partial charge in [0.25, 0.3) is 0 Å². The number of ketones is 2. The average Bonchev–Trinajstić information content (AvgIpc) is 2.70. The number of phenolic OH excluding ortho intramolecular Hbond substituents is 1. The van der Waals surface area contributed by atoms with Crippen molar-refractivity contribution in [1.29, 1.82) is 0 Å². The van der Waals surface area contributed by atoms with Gasteiger partial charge in [0.2, 0.25) is 5.78 Å². The van der Waals surface area contributed by atoms with E-state index >= 15 is 0 Å². The van der Waals surface area contributed by atoms with Crippen LogP contribution in [0.2, 0.25) is 0 Å². The molecule has 4 rings (SSSR count). The summed E-state index contributed by atoms with van der Waals surface area (Å²) in [6, 6.07) is 9.59. The molecule has 1 saturated heterocycles. The minimum Gasteiger partial charge on any atom is -0.507 e. The molecule has 148 valence electrons. The Balaban J connectivity index is 0.00000225. The van der Waals surface area contributed by atoms with E-state index in [1.807, 2.05) is 0 Å². The van der Waals surface area contributed by atoms with Crippen molar-refractivity contribution in [1.82, 2.24) is 4.90 Å². The summed E-state index contributed by atoms with van der Waals surface area (Å²) in [4.78, 5) is 28.0. The molecule has 1 heterocycles. The van der Waals surface area contributed by atoms with Crippen molar-refractivity contribution in [3.63, 3.8) is 0 Å². The third-order valence-corrected chi connectivity index (χ3v) is 4.99. The number of hydrogen-bond acceptors (Lipinski definition) is 6. The van der Waals surface area contributed by atoms with E-state index in [-0.39, 0.29) is 46.4 Å². The van der Waals surface area contributed by atoms with Crippen LogP contribution in [0.15, 0.2) is 36.4 Å². The number of phenols is 1. The number of nitrogens with zero attached hydrogens (tertiary/aromatic N) is 1. The highest BCUT2D eigenvalue weighted by atomic mass is 35.5. The van der Waals surface area contributed by atoms with E-state index in [9.17, 15) is 14.7 Å². The monoisotopic (exact) mass is 403 g/mol. The van der Waals surface area contributed by atoms with Crippen LogP contribution in [-0.4, -0.2) is 61.0 Å². The molecule has 0 unspecified atom stereocenters. The van der Waals surface area contributed by atoms with Gasteiger partial charge in [-0.2, -0.15) is 0 Å². The Morgan fingerprint density at radius 1 is 0.964 bits per heavy atom. The molecule has 2 aliphatic rings. The number of aromatic hydroxyl groups is 1. The molecule has 1 N–H and O–H groups in total. The van der Waals surface area contributed by atoms with Crippen LogP contribution in [-0.2, 0) is 4.74 Å². The molecule has 28 heavy (non-hydrogen) atoms. The highest BCUT2D eigenvalue weighted by molar-refractivity contribution is 6.30. The molecule has 2 aromatic rings. The van der Waals surface area contributed by atoms with E-state index in [1.165, 1.54) is 6.07 Å². The topological polar surface area (TPSA) is 76.1 Å². The molecular weight excluding hydrogens is 382 g/mol. The highest BCUT2D eigenvalue weighted by Gasteiger charge is 2.34. The van der Waals surface area contributed by atoms with E-state index in [2.05, 4.69) is 4.90 Å². The summed E-state index contributed by atoms with van der Waals surface area (Å²) in [5, 5.41) is 10.1. The molecule has 1 fully saturated rings. The molecular formula is C21H22ClNO5. The number of benzene rings is 2. The number of halogens is 1. The van der Waals surface area contributed by atoms with E-state index in [0.29, 0.717) is 17.9 Å². The summed E-state index contributed by atoms with van der Waals surface area (Å²) in [6.07, 6.45) is 0.813. The number of rotatable bonds is 5. The zero-order valence-electron chi connectivity index (χ0n) is 15.3. The van der Waals surface area contributed by atoms with Crippen LogP contribution >= 0.6 is 12.4 Å². The lowest BCUT2D eigenvalue weighted by molar-refractivity contribution is 0.0357. The molecule has 0 atom stereocenters. The predicted molar refractivity (Wildman–Crippen MR) is 106 cm³/mol. The van der Waals surface area contributed by atoms with Gasteiger partial charge in [-0.3, -0.25) is 14.5 Å². The van der Waals surface area contributed by atoms with Gasteiger partial charge >= 0.3 is 0 Å². The van der Waals surface area contributed by atoms with E-state index in [0.717, 1.165) is 39.3 Å². The Bertz CT molecular complexity index is 892. The van der Waals surface area contributed by atoms with Gasteiger partial charge in [-0.15, -0.1) is 12.4 Å². The molecule has 1 aliphatic heterocycles. The van der Waals surface area contributed by atoms with Crippen LogP contribution in [0.3, 0.4) is 0 Å². The third kappa shape index (κ3) is 3.76. The number of carbonyl (C=O) groups excluding carboxylic acids is 2. The lowest BCUT2D eigenvalue weighted by Crippen LogP contribution is -2.37. The first-order valence-electron chi connectivity index (χ1n) is 9.14. The first-order valence-corrected chi connectivity index (χ1v) is 9.14. The molecule has 0 saturated carbocycles. The Labute approximate surface area is 169 Å². The maximum Gasteiger partial charge on any atom is 0.201 e. The van der Waals surface area contributed by atoms with Gasteiger partial charge in [0, 0.05) is 30.8 Å². The van der Waals surface area contributed by atoms with Crippen LogP contribution < -0.4 is 4.74 Å². The van der Waals surface area contributed by atoms with Gasteiger partial charge < -0.3 is 14.6 Å². The molecule has 0 bridgehead atoms. The van der Waals surface area contributed by atoms with E-state index in [1.54, 1.807) is 30.3 Å². The molecule has 2 aromatic carbocycles. The lowest BCUT2D eigenvalue weighted by atomic mass is 9.83. The average molecular weight is 404 g/mol. The number of carbonyl (C=O) groups is 2.